The SMILES string of the molecule is CC(C)(C)OC(=O)N(CCCCCC(=O)O)CCCCCN(Cc1ccccc1)C(=O)OC(C)(C)C. The highest BCUT2D eigenvalue weighted by Crippen LogP contribution is 2.15. The van der Waals surface area contributed by atoms with Gasteiger partial charge in [0, 0.05) is 32.6 Å². The number of carboxylic acids is 1. The number of rotatable bonds is 14. The summed E-state index contributed by atoms with van der Waals surface area (Å²) in [6.45, 7) is 13.2. The molecule has 1 N–H and O–H groups in total. The molecule has 0 aromatic heterocycles. The van der Waals surface area contributed by atoms with E-state index in [1.165, 1.54) is 0 Å². The lowest BCUT2D eigenvalue weighted by molar-refractivity contribution is -0.137. The van der Waals surface area contributed by atoms with Crippen molar-refractivity contribution >= 4 is 18.2 Å². The molecule has 1 aromatic carbocycles. The van der Waals surface area contributed by atoms with E-state index in [2.05, 4.69) is 0 Å². The number of carbonyl (C=O) groups excluding carboxylic acids is 2. The molecule has 8 heteroatoms. The number of amides is 2. The largest absolute Gasteiger partial charge is 0.481 e. The van der Waals surface area contributed by atoms with Crippen LogP contribution in [0, 0.1) is 0 Å². The first-order valence-corrected chi connectivity index (χ1v) is 13.0. The second-order valence-corrected chi connectivity index (χ2v) is 11.1. The van der Waals surface area contributed by atoms with E-state index in [1.807, 2.05) is 71.9 Å². The van der Waals surface area contributed by atoms with Crippen LogP contribution in [0.1, 0.15) is 92.1 Å². The maximum absolute atomic E-state index is 12.8. The highest BCUT2D eigenvalue weighted by molar-refractivity contribution is 5.68. The summed E-state index contributed by atoms with van der Waals surface area (Å²) in [5.41, 5.74) is -0.101. The van der Waals surface area contributed by atoms with Gasteiger partial charge in [0.05, 0.1) is 0 Å². The van der Waals surface area contributed by atoms with Crippen LogP contribution in [0.5, 0.6) is 0 Å². The van der Waals surface area contributed by atoms with Crippen molar-refractivity contribution in [1.29, 1.82) is 0 Å². The molecule has 0 aliphatic carbocycles. The smallest absolute Gasteiger partial charge is 0.410 e. The summed E-state index contributed by atoms with van der Waals surface area (Å²) in [6.07, 6.45) is 3.94. The minimum absolute atomic E-state index is 0.142. The van der Waals surface area contributed by atoms with Crippen molar-refractivity contribution < 1.29 is 29.0 Å². The molecule has 0 spiro atoms. The van der Waals surface area contributed by atoms with Crippen molar-refractivity contribution in [2.45, 2.75) is 104 Å². The zero-order chi connectivity index (χ0) is 27.2. The Labute approximate surface area is 216 Å². The Kier molecular flexibility index (Phi) is 13.3. The summed E-state index contributed by atoms with van der Waals surface area (Å²) in [5.74, 6) is -0.799. The maximum Gasteiger partial charge on any atom is 0.410 e. The number of aliphatic carboxylic acids is 1. The molecule has 0 bridgehead atoms. The third-order valence-electron chi connectivity index (χ3n) is 5.19. The Balaban J connectivity index is 2.60. The molecule has 1 aromatic rings. The van der Waals surface area contributed by atoms with Gasteiger partial charge in [-0.2, -0.15) is 0 Å². The van der Waals surface area contributed by atoms with Crippen LogP contribution in [0.25, 0.3) is 0 Å². The molecule has 0 atom stereocenters. The van der Waals surface area contributed by atoms with Gasteiger partial charge in [-0.05, 0) is 79.2 Å². The van der Waals surface area contributed by atoms with E-state index in [4.69, 9.17) is 14.6 Å². The van der Waals surface area contributed by atoms with Gasteiger partial charge in [0.1, 0.15) is 11.2 Å². The van der Waals surface area contributed by atoms with Crippen molar-refractivity contribution in [2.75, 3.05) is 19.6 Å². The highest BCUT2D eigenvalue weighted by atomic mass is 16.6. The van der Waals surface area contributed by atoms with Gasteiger partial charge >= 0.3 is 18.2 Å². The molecule has 0 aliphatic heterocycles. The molecular weight excluding hydrogens is 460 g/mol. The molecule has 1 rings (SSSR count). The third kappa shape index (κ3) is 15.3. The van der Waals surface area contributed by atoms with Crippen molar-refractivity contribution in [3.8, 4) is 0 Å². The van der Waals surface area contributed by atoms with E-state index in [-0.39, 0.29) is 18.6 Å². The first-order chi connectivity index (χ1) is 16.8. The van der Waals surface area contributed by atoms with Crippen LogP contribution in [0.15, 0.2) is 30.3 Å². The van der Waals surface area contributed by atoms with Crippen LogP contribution in [0.2, 0.25) is 0 Å². The summed E-state index contributed by atoms with van der Waals surface area (Å²) in [4.78, 5) is 39.6. The summed E-state index contributed by atoms with van der Waals surface area (Å²) in [7, 11) is 0. The Hall–Kier alpha value is -2.77. The quantitative estimate of drug-likeness (QED) is 0.290. The van der Waals surface area contributed by atoms with Gasteiger partial charge in [-0.3, -0.25) is 4.79 Å². The van der Waals surface area contributed by atoms with Gasteiger partial charge in [-0.15, -0.1) is 0 Å². The predicted octanol–water partition coefficient (Wildman–Crippen LogP) is 6.48. The zero-order valence-electron chi connectivity index (χ0n) is 23.0. The zero-order valence-corrected chi connectivity index (χ0v) is 23.0. The normalized spacial score (nSPS) is 11.6. The summed E-state index contributed by atoms with van der Waals surface area (Å²) in [5, 5.41) is 8.80. The van der Waals surface area contributed by atoms with E-state index in [0.29, 0.717) is 32.6 Å². The Bertz CT molecular complexity index is 798. The van der Waals surface area contributed by atoms with Gasteiger partial charge in [0.15, 0.2) is 0 Å². The van der Waals surface area contributed by atoms with E-state index in [1.54, 1.807) is 9.80 Å². The minimum Gasteiger partial charge on any atom is -0.481 e. The number of nitrogens with zero attached hydrogens (tertiary/aromatic N) is 2. The van der Waals surface area contributed by atoms with E-state index in [0.717, 1.165) is 37.7 Å². The summed E-state index contributed by atoms with van der Waals surface area (Å²) < 4.78 is 11.2. The lowest BCUT2D eigenvalue weighted by Crippen LogP contribution is -2.38. The summed E-state index contributed by atoms with van der Waals surface area (Å²) in [6, 6.07) is 9.84. The van der Waals surface area contributed by atoms with E-state index in [9.17, 15) is 14.4 Å². The molecule has 0 saturated carbocycles. The molecular formula is C28H46N2O6. The van der Waals surface area contributed by atoms with Crippen molar-refractivity contribution in [3.05, 3.63) is 35.9 Å². The monoisotopic (exact) mass is 506 g/mol. The van der Waals surface area contributed by atoms with Crippen molar-refractivity contribution in [1.82, 2.24) is 9.80 Å². The first-order valence-electron chi connectivity index (χ1n) is 13.0. The standard InChI is InChI=1S/C28H46N2O6/c1-27(2,3)35-25(33)29(19-13-8-12-18-24(31)32)20-14-9-15-21-30(26(34)36-28(4,5)6)22-23-16-10-7-11-17-23/h7,10-11,16-17H,8-9,12-15,18-22H2,1-6H3,(H,31,32). The maximum atomic E-state index is 12.8. The number of unbranched alkanes of at least 4 members (excludes halogenated alkanes) is 4. The fraction of sp³-hybridized carbons (Fsp3) is 0.679. The Morgan fingerprint density at radius 3 is 1.61 bits per heavy atom. The highest BCUT2D eigenvalue weighted by Gasteiger charge is 2.23. The molecule has 2 amide bonds. The van der Waals surface area contributed by atoms with Gasteiger partial charge in [0.2, 0.25) is 0 Å². The molecule has 0 fully saturated rings. The van der Waals surface area contributed by atoms with Crippen LogP contribution in [-0.4, -0.2) is 63.9 Å². The number of benzene rings is 1. The number of carbonyl (C=O) groups is 3. The van der Waals surface area contributed by atoms with Crippen LogP contribution < -0.4 is 0 Å². The number of hydrogen-bond acceptors (Lipinski definition) is 5. The van der Waals surface area contributed by atoms with E-state index < -0.39 is 17.2 Å². The molecule has 0 heterocycles. The average Bonchev–Trinajstić information content (AvgIpc) is 2.74. The minimum atomic E-state index is -0.799. The van der Waals surface area contributed by atoms with Crippen LogP contribution >= 0.6 is 0 Å². The van der Waals surface area contributed by atoms with Gasteiger partial charge in [0.25, 0.3) is 0 Å². The first kappa shape index (κ1) is 31.3. The molecule has 0 unspecified atom stereocenters. The number of carboxylic acid groups (broad SMARTS) is 1. The van der Waals surface area contributed by atoms with Crippen LogP contribution in [0.3, 0.4) is 0 Å². The predicted molar refractivity (Wildman–Crippen MR) is 141 cm³/mol. The Morgan fingerprint density at radius 2 is 1.14 bits per heavy atom. The molecule has 0 radical (unpaired) electrons. The van der Waals surface area contributed by atoms with Crippen molar-refractivity contribution in [2.24, 2.45) is 0 Å². The second-order valence-electron chi connectivity index (χ2n) is 11.1. The lowest BCUT2D eigenvalue weighted by Gasteiger charge is -2.28. The van der Waals surface area contributed by atoms with Crippen LogP contribution in [-0.2, 0) is 20.8 Å². The van der Waals surface area contributed by atoms with Gasteiger partial charge in [-0.25, -0.2) is 9.59 Å². The molecule has 0 aliphatic rings. The molecule has 8 nitrogen and oxygen atoms in total. The molecule has 36 heavy (non-hydrogen) atoms. The topological polar surface area (TPSA) is 96.4 Å². The number of ether oxygens (including phenoxy) is 2. The van der Waals surface area contributed by atoms with E-state index >= 15 is 0 Å². The van der Waals surface area contributed by atoms with Crippen LogP contribution in [0.4, 0.5) is 9.59 Å². The second kappa shape index (κ2) is 15.4. The fourth-order valence-electron chi connectivity index (χ4n) is 3.52. The lowest BCUT2D eigenvalue weighted by atomic mass is 10.1. The number of hydrogen-bond donors (Lipinski definition) is 1. The Morgan fingerprint density at radius 1 is 0.694 bits per heavy atom. The third-order valence-corrected chi connectivity index (χ3v) is 5.19. The molecule has 0 saturated heterocycles. The summed E-state index contributed by atoms with van der Waals surface area (Å²) >= 11 is 0. The van der Waals surface area contributed by atoms with Gasteiger partial charge in [-0.1, -0.05) is 36.8 Å². The fourth-order valence-corrected chi connectivity index (χ4v) is 3.52. The molecule has 204 valence electrons. The van der Waals surface area contributed by atoms with Crippen molar-refractivity contribution in [3.63, 3.8) is 0 Å². The van der Waals surface area contributed by atoms with Gasteiger partial charge < -0.3 is 24.4 Å². The average molecular weight is 507 g/mol.